The van der Waals surface area contributed by atoms with Crippen molar-refractivity contribution in [2.24, 2.45) is 7.05 Å². The number of carbonyl (C=O) groups excluding carboxylic acids is 2. The minimum absolute atomic E-state index is 0.00370. The first-order valence-electron chi connectivity index (χ1n) is 12.8. The van der Waals surface area contributed by atoms with Gasteiger partial charge in [0.1, 0.15) is 12.4 Å². The van der Waals surface area contributed by atoms with Crippen molar-refractivity contribution in [1.82, 2.24) is 14.4 Å². The van der Waals surface area contributed by atoms with Gasteiger partial charge in [-0.25, -0.2) is 0 Å². The van der Waals surface area contributed by atoms with E-state index in [1.165, 1.54) is 12.7 Å². The molecule has 1 N–H and O–H groups in total. The summed E-state index contributed by atoms with van der Waals surface area (Å²) in [5, 5.41) is 11.7. The lowest BCUT2D eigenvalue weighted by Gasteiger charge is -2.50. The van der Waals surface area contributed by atoms with Crippen molar-refractivity contribution in [3.63, 3.8) is 0 Å². The molecule has 2 aromatic carbocycles. The average molecular weight is 506 g/mol. The molecule has 0 aliphatic carbocycles. The number of carbonyl (C=O) groups is 2. The highest BCUT2D eigenvalue weighted by molar-refractivity contribution is 5.90. The van der Waals surface area contributed by atoms with Crippen molar-refractivity contribution in [3.8, 4) is 5.75 Å². The number of nitrogens with zero attached hydrogens (tertiary/aromatic N) is 3. The number of rotatable bonds is 6. The molecule has 3 heterocycles. The van der Waals surface area contributed by atoms with Crippen LogP contribution in [0.25, 0.3) is 10.9 Å². The summed E-state index contributed by atoms with van der Waals surface area (Å²) in [6.07, 6.45) is 1.74. The van der Waals surface area contributed by atoms with Crippen LogP contribution in [0.5, 0.6) is 5.75 Å². The molecule has 1 fully saturated rings. The zero-order valence-corrected chi connectivity index (χ0v) is 21.8. The number of hydrogen-bond donors (Lipinski definition) is 1. The summed E-state index contributed by atoms with van der Waals surface area (Å²) < 4.78 is 12.7. The van der Waals surface area contributed by atoms with E-state index in [0.29, 0.717) is 19.6 Å². The van der Waals surface area contributed by atoms with Gasteiger partial charge in [-0.15, -0.1) is 0 Å². The van der Waals surface area contributed by atoms with E-state index in [2.05, 4.69) is 10.6 Å². The maximum Gasteiger partial charge on any atom is 0.248 e. The summed E-state index contributed by atoms with van der Waals surface area (Å²) >= 11 is 0. The van der Waals surface area contributed by atoms with E-state index < -0.39 is 6.04 Å². The molecule has 5 rings (SSSR count). The van der Waals surface area contributed by atoms with Crippen molar-refractivity contribution >= 4 is 22.7 Å². The van der Waals surface area contributed by atoms with Crippen LogP contribution in [0.4, 0.5) is 0 Å². The van der Waals surface area contributed by atoms with Crippen LogP contribution in [0.2, 0.25) is 0 Å². The van der Waals surface area contributed by atoms with Crippen LogP contribution in [-0.2, 0) is 33.2 Å². The first kappa shape index (κ1) is 25.3. The number of ether oxygens (including phenoxy) is 2. The average Bonchev–Trinajstić information content (AvgIpc) is 3.22. The van der Waals surface area contributed by atoms with Gasteiger partial charge in [-0.05, 0) is 36.1 Å². The monoisotopic (exact) mass is 505 g/mol. The largest absolute Gasteiger partial charge is 0.497 e. The zero-order chi connectivity index (χ0) is 26.2. The number of aryl methyl sites for hydroxylation is 1. The highest BCUT2D eigenvalue weighted by Crippen LogP contribution is 2.50. The normalized spacial score (nSPS) is 18.8. The number of fused-ring (bicyclic) bond motifs is 4. The topological polar surface area (TPSA) is 84.2 Å². The van der Waals surface area contributed by atoms with Gasteiger partial charge in [-0.3, -0.25) is 9.59 Å². The fourth-order valence-corrected chi connectivity index (χ4v) is 6.30. The molecule has 1 atom stereocenters. The van der Waals surface area contributed by atoms with Crippen LogP contribution in [0.1, 0.15) is 35.7 Å². The van der Waals surface area contributed by atoms with Crippen molar-refractivity contribution in [1.29, 1.82) is 0 Å². The lowest BCUT2D eigenvalue weighted by atomic mass is 9.68. The second-order valence-corrected chi connectivity index (χ2v) is 10.2. The molecule has 0 saturated carbocycles. The molecule has 8 heteroatoms. The minimum Gasteiger partial charge on any atom is -0.497 e. The maximum absolute atomic E-state index is 13.8. The lowest BCUT2D eigenvalue weighted by Crippen LogP contribution is -2.56. The Morgan fingerprint density at radius 3 is 2.43 bits per heavy atom. The van der Waals surface area contributed by atoms with E-state index in [-0.39, 0.29) is 36.9 Å². The second kappa shape index (κ2) is 10.2. The number of amides is 2. The SMILES string of the molecule is COCC(=O)N1CCC2(CC1)CN(C(=O)Cc1ccccc1)[C@@H](CO)c1c2c2ccc(OC)cc2n1C. The van der Waals surface area contributed by atoms with Gasteiger partial charge in [0.2, 0.25) is 11.8 Å². The summed E-state index contributed by atoms with van der Waals surface area (Å²) in [4.78, 5) is 30.1. The fraction of sp³-hybridized carbons (Fsp3) is 0.448. The molecular formula is C29H35N3O5. The predicted octanol–water partition coefficient (Wildman–Crippen LogP) is 2.81. The Hall–Kier alpha value is -3.36. The van der Waals surface area contributed by atoms with Gasteiger partial charge < -0.3 is 28.9 Å². The highest BCUT2D eigenvalue weighted by atomic mass is 16.5. The van der Waals surface area contributed by atoms with Gasteiger partial charge in [-0.1, -0.05) is 30.3 Å². The van der Waals surface area contributed by atoms with Crippen molar-refractivity contribution in [3.05, 3.63) is 65.4 Å². The first-order valence-corrected chi connectivity index (χ1v) is 12.8. The van der Waals surface area contributed by atoms with E-state index in [1.54, 1.807) is 7.11 Å². The third-order valence-corrected chi connectivity index (χ3v) is 8.18. The predicted molar refractivity (Wildman–Crippen MR) is 141 cm³/mol. The van der Waals surface area contributed by atoms with Gasteiger partial charge in [0.05, 0.1) is 31.7 Å². The van der Waals surface area contributed by atoms with E-state index in [0.717, 1.165) is 40.8 Å². The molecule has 2 amide bonds. The molecule has 1 saturated heterocycles. The summed E-state index contributed by atoms with van der Waals surface area (Å²) in [6.45, 7) is 1.61. The Bertz CT molecular complexity index is 1290. The number of aromatic nitrogens is 1. The van der Waals surface area contributed by atoms with Crippen molar-refractivity contribution < 1.29 is 24.2 Å². The number of benzene rings is 2. The Kier molecular flexibility index (Phi) is 6.96. The second-order valence-electron chi connectivity index (χ2n) is 10.2. The van der Waals surface area contributed by atoms with E-state index in [4.69, 9.17) is 9.47 Å². The molecule has 0 radical (unpaired) electrons. The van der Waals surface area contributed by atoms with Gasteiger partial charge in [0, 0.05) is 56.4 Å². The van der Waals surface area contributed by atoms with Crippen LogP contribution in [0.3, 0.4) is 0 Å². The fourth-order valence-electron chi connectivity index (χ4n) is 6.30. The maximum atomic E-state index is 13.8. The summed E-state index contributed by atoms with van der Waals surface area (Å²) in [6, 6.07) is 15.4. The number of likely N-dealkylation sites (tertiary alicyclic amines) is 1. The molecule has 2 aliphatic rings. The zero-order valence-electron chi connectivity index (χ0n) is 21.8. The van der Waals surface area contributed by atoms with Gasteiger partial charge in [0.15, 0.2) is 0 Å². The third-order valence-electron chi connectivity index (χ3n) is 8.18. The Labute approximate surface area is 217 Å². The van der Waals surface area contributed by atoms with Crippen molar-refractivity contribution in [2.75, 3.05) is 47.1 Å². The number of methoxy groups -OCH3 is 2. The Morgan fingerprint density at radius 2 is 1.78 bits per heavy atom. The standard InChI is InChI=1S/C29H35N3O5/c1-30-23-16-21(37-3)9-10-22(23)27-28(30)24(17-33)32(25(34)15-20-7-5-4-6-8-20)19-29(27)11-13-31(14-12-29)26(35)18-36-2/h4-10,16,24,33H,11-15,17-19H2,1-3H3/t24-/m0/s1. The number of piperidine rings is 1. The van der Waals surface area contributed by atoms with Crippen LogP contribution in [0.15, 0.2) is 48.5 Å². The van der Waals surface area contributed by atoms with E-state index >= 15 is 0 Å². The molecular weight excluding hydrogens is 470 g/mol. The molecule has 196 valence electrons. The molecule has 8 nitrogen and oxygen atoms in total. The van der Waals surface area contributed by atoms with Crippen LogP contribution in [-0.4, -0.2) is 78.4 Å². The van der Waals surface area contributed by atoms with E-state index in [9.17, 15) is 14.7 Å². The summed E-state index contributed by atoms with van der Waals surface area (Å²) in [7, 11) is 5.19. The molecule has 0 bridgehead atoms. The smallest absolute Gasteiger partial charge is 0.248 e. The highest BCUT2D eigenvalue weighted by Gasteiger charge is 2.49. The lowest BCUT2D eigenvalue weighted by molar-refractivity contribution is -0.140. The molecule has 3 aromatic rings. The number of aliphatic hydroxyl groups is 1. The summed E-state index contributed by atoms with van der Waals surface area (Å²) in [5.74, 6) is 0.745. The van der Waals surface area contributed by atoms with Crippen LogP contribution in [0, 0.1) is 0 Å². The quantitative estimate of drug-likeness (QED) is 0.557. The summed E-state index contributed by atoms with van der Waals surface area (Å²) in [5.41, 5.74) is 3.79. The number of hydrogen-bond acceptors (Lipinski definition) is 5. The van der Waals surface area contributed by atoms with Crippen LogP contribution < -0.4 is 4.74 Å². The first-order chi connectivity index (χ1) is 17.9. The van der Waals surface area contributed by atoms with E-state index in [1.807, 2.05) is 59.3 Å². The Morgan fingerprint density at radius 1 is 1.05 bits per heavy atom. The molecule has 0 unspecified atom stereocenters. The third kappa shape index (κ3) is 4.38. The molecule has 37 heavy (non-hydrogen) atoms. The van der Waals surface area contributed by atoms with Gasteiger partial charge >= 0.3 is 0 Å². The molecule has 2 aliphatic heterocycles. The number of aliphatic hydroxyl groups excluding tert-OH is 1. The van der Waals surface area contributed by atoms with Gasteiger partial charge in [0.25, 0.3) is 0 Å². The van der Waals surface area contributed by atoms with Gasteiger partial charge in [-0.2, -0.15) is 0 Å². The molecule has 1 spiro atoms. The molecule has 1 aromatic heterocycles. The van der Waals surface area contributed by atoms with Crippen molar-refractivity contribution in [2.45, 2.75) is 30.7 Å². The van der Waals surface area contributed by atoms with Crippen LogP contribution >= 0.6 is 0 Å². The minimum atomic E-state index is -0.451. The Balaban J connectivity index is 1.60.